The van der Waals surface area contributed by atoms with E-state index in [0.717, 1.165) is 52.4 Å². The summed E-state index contributed by atoms with van der Waals surface area (Å²) in [4.78, 5) is 26.4. The first-order valence-electron chi connectivity index (χ1n) is 10.9. The number of carboxylic acid groups (broad SMARTS) is 1. The van der Waals surface area contributed by atoms with E-state index in [4.69, 9.17) is 9.47 Å². The van der Waals surface area contributed by atoms with Crippen LogP contribution in [0.5, 0.6) is 11.5 Å². The number of carboxylic acids is 1. The number of nitrogens with zero attached hydrogens (tertiary/aromatic N) is 1. The Kier molecular flexibility index (Phi) is 5.82. The van der Waals surface area contributed by atoms with E-state index in [-0.39, 0.29) is 24.5 Å². The molecule has 0 unspecified atom stereocenters. The molecular formula is C24H25BrN2O5. The van der Waals surface area contributed by atoms with Crippen LogP contribution in [0, 0.1) is 11.8 Å². The van der Waals surface area contributed by atoms with Gasteiger partial charge in [0.1, 0.15) is 0 Å². The van der Waals surface area contributed by atoms with Crippen molar-refractivity contribution in [2.45, 2.75) is 45.3 Å². The van der Waals surface area contributed by atoms with E-state index >= 15 is 0 Å². The predicted molar refractivity (Wildman–Crippen MR) is 121 cm³/mol. The Bertz CT molecular complexity index is 1060. The van der Waals surface area contributed by atoms with E-state index < -0.39 is 5.97 Å². The molecule has 2 aromatic carbocycles. The summed E-state index contributed by atoms with van der Waals surface area (Å²) in [5.41, 5.74) is 4.33. The molecule has 0 saturated heterocycles. The highest BCUT2D eigenvalue weighted by Crippen LogP contribution is 2.38. The van der Waals surface area contributed by atoms with Gasteiger partial charge < -0.3 is 19.9 Å². The number of nitrogens with one attached hydrogen (secondary N) is 1. The number of rotatable bonds is 5. The lowest BCUT2D eigenvalue weighted by Gasteiger charge is -2.25. The number of ether oxygens (including phenoxy) is 2. The lowest BCUT2D eigenvalue weighted by Crippen LogP contribution is -2.29. The van der Waals surface area contributed by atoms with Crippen molar-refractivity contribution in [1.29, 1.82) is 0 Å². The van der Waals surface area contributed by atoms with Crippen molar-refractivity contribution < 1.29 is 24.2 Å². The van der Waals surface area contributed by atoms with Crippen LogP contribution in [0.3, 0.4) is 0 Å². The zero-order valence-electron chi connectivity index (χ0n) is 17.6. The van der Waals surface area contributed by atoms with Crippen LogP contribution < -0.4 is 14.8 Å². The van der Waals surface area contributed by atoms with Gasteiger partial charge in [0.15, 0.2) is 11.5 Å². The minimum atomic E-state index is -0.753. The molecule has 0 aromatic heterocycles. The van der Waals surface area contributed by atoms with Gasteiger partial charge in [-0.3, -0.25) is 14.5 Å². The standard InChI is InChI=1S/C24H25BrN2O5/c25-19-6-7-20(26-23(28)15-2-4-16(5-3-15)24(29)30)18-12-27(11-17(18)19)10-14-1-8-21-22(9-14)32-13-31-21/h1,6-9,15-16H,2-5,10-13H2,(H,26,28)(H,29,30). The number of hydrogen-bond donors (Lipinski definition) is 2. The number of amides is 1. The second-order valence-corrected chi connectivity index (χ2v) is 9.62. The maximum atomic E-state index is 12.9. The third-order valence-corrected chi connectivity index (χ3v) is 7.43. The topological polar surface area (TPSA) is 88.1 Å². The fourth-order valence-electron chi connectivity index (χ4n) is 4.88. The molecule has 0 bridgehead atoms. The summed E-state index contributed by atoms with van der Waals surface area (Å²) in [5.74, 6) is 0.357. The van der Waals surface area contributed by atoms with Crippen LogP contribution in [0.15, 0.2) is 34.8 Å². The molecule has 2 N–H and O–H groups in total. The van der Waals surface area contributed by atoms with Crippen molar-refractivity contribution in [3.05, 3.63) is 51.5 Å². The largest absolute Gasteiger partial charge is 0.481 e. The van der Waals surface area contributed by atoms with Crippen LogP contribution in [0.4, 0.5) is 5.69 Å². The molecule has 5 rings (SSSR count). The Labute approximate surface area is 194 Å². The molecular weight excluding hydrogens is 476 g/mol. The summed E-state index contributed by atoms with van der Waals surface area (Å²) in [6, 6.07) is 9.97. The first kappa shape index (κ1) is 21.3. The van der Waals surface area contributed by atoms with Gasteiger partial charge in [0.25, 0.3) is 0 Å². The number of carbonyl (C=O) groups is 2. The highest BCUT2D eigenvalue weighted by Gasteiger charge is 2.31. The SMILES string of the molecule is O=C(O)C1CCC(C(=O)Nc2ccc(Br)c3c2CN(Cc2ccc4c(c2)OCO4)C3)CC1. The zero-order chi connectivity index (χ0) is 22.2. The van der Waals surface area contributed by atoms with Gasteiger partial charge >= 0.3 is 5.97 Å². The molecule has 2 heterocycles. The molecule has 2 aliphatic heterocycles. The van der Waals surface area contributed by atoms with Crippen LogP contribution in [-0.2, 0) is 29.2 Å². The molecule has 0 atom stereocenters. The van der Waals surface area contributed by atoms with Crippen molar-refractivity contribution in [2.24, 2.45) is 11.8 Å². The molecule has 0 radical (unpaired) electrons. The lowest BCUT2D eigenvalue weighted by atomic mass is 9.81. The number of fused-ring (bicyclic) bond motifs is 2. The Hall–Kier alpha value is -2.58. The summed E-state index contributed by atoms with van der Waals surface area (Å²) < 4.78 is 11.9. The average Bonchev–Trinajstić information content (AvgIpc) is 3.43. The van der Waals surface area contributed by atoms with Crippen LogP contribution in [0.2, 0.25) is 0 Å². The minimum Gasteiger partial charge on any atom is -0.481 e. The second kappa shape index (κ2) is 8.75. The predicted octanol–water partition coefficient (Wildman–Crippen LogP) is 4.52. The maximum absolute atomic E-state index is 12.9. The average molecular weight is 501 g/mol. The van der Waals surface area contributed by atoms with Gasteiger partial charge in [-0.05, 0) is 66.6 Å². The third kappa shape index (κ3) is 4.21. The number of hydrogen-bond acceptors (Lipinski definition) is 5. The van der Waals surface area contributed by atoms with Gasteiger partial charge in [0, 0.05) is 35.7 Å². The summed E-state index contributed by atoms with van der Waals surface area (Å²) in [7, 11) is 0. The summed E-state index contributed by atoms with van der Waals surface area (Å²) in [6.45, 7) is 2.56. The second-order valence-electron chi connectivity index (χ2n) is 8.76. The Morgan fingerprint density at radius 3 is 2.50 bits per heavy atom. The zero-order valence-corrected chi connectivity index (χ0v) is 19.2. The van der Waals surface area contributed by atoms with Gasteiger partial charge in [-0.2, -0.15) is 0 Å². The number of anilines is 1. The Morgan fingerprint density at radius 1 is 1.00 bits per heavy atom. The molecule has 1 fully saturated rings. The number of benzene rings is 2. The lowest BCUT2D eigenvalue weighted by molar-refractivity contribution is -0.143. The van der Waals surface area contributed by atoms with Crippen LogP contribution in [-0.4, -0.2) is 28.7 Å². The van der Waals surface area contributed by atoms with Gasteiger partial charge in [-0.25, -0.2) is 0 Å². The normalized spacial score (nSPS) is 21.9. The fraction of sp³-hybridized carbons (Fsp3) is 0.417. The van der Waals surface area contributed by atoms with Gasteiger partial charge in [0.2, 0.25) is 12.7 Å². The molecule has 32 heavy (non-hydrogen) atoms. The van der Waals surface area contributed by atoms with E-state index in [1.165, 1.54) is 5.56 Å². The molecule has 2 aromatic rings. The van der Waals surface area contributed by atoms with Gasteiger partial charge in [-0.1, -0.05) is 22.0 Å². The Balaban J connectivity index is 1.26. The monoisotopic (exact) mass is 500 g/mol. The van der Waals surface area contributed by atoms with E-state index in [2.05, 4.69) is 32.2 Å². The molecule has 168 valence electrons. The van der Waals surface area contributed by atoms with Crippen molar-refractivity contribution in [2.75, 3.05) is 12.1 Å². The highest BCUT2D eigenvalue weighted by molar-refractivity contribution is 9.10. The van der Waals surface area contributed by atoms with Crippen molar-refractivity contribution in [3.8, 4) is 11.5 Å². The van der Waals surface area contributed by atoms with E-state index in [0.29, 0.717) is 25.7 Å². The van der Waals surface area contributed by atoms with Gasteiger partial charge in [0.05, 0.1) is 5.92 Å². The number of carbonyl (C=O) groups excluding carboxylic acids is 1. The summed E-state index contributed by atoms with van der Waals surface area (Å²) in [5, 5.41) is 12.3. The summed E-state index contributed by atoms with van der Waals surface area (Å²) in [6.07, 6.45) is 2.37. The first-order chi connectivity index (χ1) is 15.5. The van der Waals surface area contributed by atoms with E-state index in [1.54, 1.807) is 0 Å². The molecule has 3 aliphatic rings. The first-order valence-corrected chi connectivity index (χ1v) is 11.7. The van der Waals surface area contributed by atoms with Crippen LogP contribution in [0.25, 0.3) is 0 Å². The minimum absolute atomic E-state index is 0.00687. The molecule has 0 spiro atoms. The maximum Gasteiger partial charge on any atom is 0.306 e. The molecule has 7 nitrogen and oxygen atoms in total. The fourth-order valence-corrected chi connectivity index (χ4v) is 5.38. The highest BCUT2D eigenvalue weighted by atomic mass is 79.9. The summed E-state index contributed by atoms with van der Waals surface area (Å²) >= 11 is 3.67. The van der Waals surface area contributed by atoms with Gasteiger partial charge in [-0.15, -0.1) is 0 Å². The Morgan fingerprint density at radius 2 is 1.72 bits per heavy atom. The smallest absolute Gasteiger partial charge is 0.306 e. The number of halogens is 1. The van der Waals surface area contributed by atoms with E-state index in [1.807, 2.05) is 24.3 Å². The van der Waals surface area contributed by atoms with E-state index in [9.17, 15) is 14.7 Å². The molecule has 1 saturated carbocycles. The van der Waals surface area contributed by atoms with Crippen molar-refractivity contribution >= 4 is 33.5 Å². The van der Waals surface area contributed by atoms with Crippen molar-refractivity contribution in [3.63, 3.8) is 0 Å². The quantitative estimate of drug-likeness (QED) is 0.627. The van der Waals surface area contributed by atoms with Crippen LogP contribution in [0.1, 0.15) is 42.4 Å². The molecule has 8 heteroatoms. The third-order valence-electron chi connectivity index (χ3n) is 6.69. The molecule has 1 amide bonds. The van der Waals surface area contributed by atoms with Crippen LogP contribution >= 0.6 is 15.9 Å². The molecule has 1 aliphatic carbocycles. The van der Waals surface area contributed by atoms with Crippen molar-refractivity contribution in [1.82, 2.24) is 4.90 Å². The number of aliphatic carboxylic acids is 1.